The van der Waals surface area contributed by atoms with Gasteiger partial charge >= 0.3 is 0 Å². The van der Waals surface area contributed by atoms with E-state index in [-0.39, 0.29) is 5.91 Å². The highest BCUT2D eigenvalue weighted by atomic mass is 16.5. The van der Waals surface area contributed by atoms with Gasteiger partial charge in [0, 0.05) is 47.7 Å². The Bertz CT molecular complexity index is 1520. The minimum Gasteiger partial charge on any atom is -0.343 e. The second kappa shape index (κ2) is 9.07. The molecule has 9 nitrogen and oxygen atoms in total. The van der Waals surface area contributed by atoms with Crippen molar-refractivity contribution >= 4 is 16.9 Å². The molecule has 2 aromatic carbocycles. The molecule has 1 aliphatic rings. The first-order valence-electron chi connectivity index (χ1n) is 12.3. The minimum absolute atomic E-state index is 0.179. The predicted molar refractivity (Wildman–Crippen MR) is 135 cm³/mol. The first kappa shape index (κ1) is 22.2. The molecule has 5 aromatic rings. The average molecular weight is 482 g/mol. The number of carbonyl (C=O) groups excluding carboxylic acids is 1. The van der Waals surface area contributed by atoms with Gasteiger partial charge in [-0.3, -0.25) is 4.79 Å². The maximum atomic E-state index is 12.4. The fourth-order valence-electron chi connectivity index (χ4n) is 4.89. The molecular formula is C27H27N7O2. The van der Waals surface area contributed by atoms with Gasteiger partial charge in [0.1, 0.15) is 5.52 Å². The molecule has 1 saturated heterocycles. The SMILES string of the molecule is Cc1ccc(C)n1-c1ccc(-c2nc(-c3ccc4c(c3)nnn4CCC(=O)N3CCCC3)no2)cc1. The fraction of sp³-hybridized carbons (Fsp3) is 0.296. The summed E-state index contributed by atoms with van der Waals surface area (Å²) in [7, 11) is 0. The third-order valence-electron chi connectivity index (χ3n) is 6.84. The number of benzene rings is 2. The zero-order valence-corrected chi connectivity index (χ0v) is 20.4. The first-order valence-corrected chi connectivity index (χ1v) is 12.3. The molecule has 6 rings (SSSR count). The molecular weight excluding hydrogens is 454 g/mol. The van der Waals surface area contributed by atoms with Crippen LogP contribution in [0.3, 0.4) is 0 Å². The number of aromatic nitrogens is 6. The summed E-state index contributed by atoms with van der Waals surface area (Å²) in [6.07, 6.45) is 2.62. The van der Waals surface area contributed by atoms with Crippen molar-refractivity contribution in [2.75, 3.05) is 13.1 Å². The highest BCUT2D eigenvalue weighted by Gasteiger charge is 2.18. The Labute approximate surface area is 208 Å². The van der Waals surface area contributed by atoms with Crippen LogP contribution in [0.15, 0.2) is 59.1 Å². The zero-order chi connectivity index (χ0) is 24.6. The molecule has 1 fully saturated rings. The van der Waals surface area contributed by atoms with Crippen LogP contribution in [0.5, 0.6) is 0 Å². The number of aryl methyl sites for hydroxylation is 3. The Morgan fingerprint density at radius 2 is 1.67 bits per heavy atom. The third kappa shape index (κ3) is 4.06. The number of carbonyl (C=O) groups is 1. The number of rotatable bonds is 6. The summed E-state index contributed by atoms with van der Waals surface area (Å²) in [5.41, 5.74) is 6.73. The highest BCUT2D eigenvalue weighted by molar-refractivity contribution is 5.80. The molecule has 4 heterocycles. The smallest absolute Gasteiger partial charge is 0.258 e. The summed E-state index contributed by atoms with van der Waals surface area (Å²) in [5.74, 6) is 1.13. The van der Waals surface area contributed by atoms with Crippen LogP contribution in [-0.4, -0.2) is 53.6 Å². The van der Waals surface area contributed by atoms with Gasteiger partial charge in [-0.15, -0.1) is 5.10 Å². The normalized spacial score (nSPS) is 13.7. The average Bonchev–Trinajstić information content (AvgIpc) is 3.70. The lowest BCUT2D eigenvalue weighted by Gasteiger charge is -2.14. The van der Waals surface area contributed by atoms with E-state index in [0.29, 0.717) is 24.7 Å². The quantitative estimate of drug-likeness (QED) is 0.353. The number of fused-ring (bicyclic) bond motifs is 1. The van der Waals surface area contributed by atoms with Gasteiger partial charge in [-0.2, -0.15) is 4.98 Å². The monoisotopic (exact) mass is 481 g/mol. The maximum absolute atomic E-state index is 12.4. The van der Waals surface area contributed by atoms with Crippen molar-refractivity contribution in [2.45, 2.75) is 39.7 Å². The Morgan fingerprint density at radius 3 is 2.42 bits per heavy atom. The van der Waals surface area contributed by atoms with E-state index < -0.39 is 0 Å². The lowest BCUT2D eigenvalue weighted by Crippen LogP contribution is -2.28. The number of amides is 1. The molecule has 0 N–H and O–H groups in total. The van der Waals surface area contributed by atoms with Gasteiger partial charge in [0.2, 0.25) is 11.7 Å². The predicted octanol–water partition coefficient (Wildman–Crippen LogP) is 4.57. The molecule has 182 valence electrons. The van der Waals surface area contributed by atoms with Crippen LogP contribution in [0.4, 0.5) is 0 Å². The minimum atomic E-state index is 0.179. The summed E-state index contributed by atoms with van der Waals surface area (Å²) in [4.78, 5) is 18.9. The van der Waals surface area contributed by atoms with Gasteiger partial charge < -0.3 is 14.0 Å². The molecule has 0 aliphatic carbocycles. The van der Waals surface area contributed by atoms with Crippen molar-refractivity contribution in [3.05, 3.63) is 66.0 Å². The van der Waals surface area contributed by atoms with Crippen LogP contribution in [-0.2, 0) is 11.3 Å². The molecule has 1 aliphatic heterocycles. The molecule has 9 heteroatoms. The Hall–Kier alpha value is -4.27. The van der Waals surface area contributed by atoms with Crippen molar-refractivity contribution in [1.82, 2.24) is 34.6 Å². The van der Waals surface area contributed by atoms with Gasteiger partial charge in [-0.25, -0.2) is 4.68 Å². The number of hydrogen-bond donors (Lipinski definition) is 0. The van der Waals surface area contributed by atoms with E-state index in [2.05, 4.69) is 63.1 Å². The Morgan fingerprint density at radius 1 is 0.944 bits per heavy atom. The van der Waals surface area contributed by atoms with Gasteiger partial charge in [0.05, 0.1) is 12.1 Å². The van der Waals surface area contributed by atoms with E-state index in [9.17, 15) is 4.79 Å². The fourth-order valence-corrected chi connectivity index (χ4v) is 4.89. The second-order valence-corrected chi connectivity index (χ2v) is 9.28. The van der Waals surface area contributed by atoms with Crippen molar-refractivity contribution < 1.29 is 9.32 Å². The van der Waals surface area contributed by atoms with E-state index in [4.69, 9.17) is 4.52 Å². The lowest BCUT2D eigenvalue weighted by molar-refractivity contribution is -0.130. The number of likely N-dealkylation sites (tertiary alicyclic amines) is 1. The summed E-state index contributed by atoms with van der Waals surface area (Å²) in [6.45, 7) is 6.42. The van der Waals surface area contributed by atoms with Crippen LogP contribution in [0.1, 0.15) is 30.7 Å². The number of nitrogens with zero attached hydrogens (tertiary/aromatic N) is 7. The van der Waals surface area contributed by atoms with Crippen molar-refractivity contribution in [1.29, 1.82) is 0 Å². The first-order chi connectivity index (χ1) is 17.6. The maximum Gasteiger partial charge on any atom is 0.258 e. The molecule has 1 amide bonds. The second-order valence-electron chi connectivity index (χ2n) is 9.28. The van der Waals surface area contributed by atoms with E-state index >= 15 is 0 Å². The Balaban J connectivity index is 1.18. The van der Waals surface area contributed by atoms with Gasteiger partial charge in [0.25, 0.3) is 5.89 Å². The van der Waals surface area contributed by atoms with E-state index in [0.717, 1.165) is 53.8 Å². The molecule has 0 bridgehead atoms. The van der Waals surface area contributed by atoms with Crippen molar-refractivity contribution in [2.24, 2.45) is 0 Å². The van der Waals surface area contributed by atoms with Crippen molar-refractivity contribution in [3.63, 3.8) is 0 Å². The third-order valence-corrected chi connectivity index (χ3v) is 6.84. The molecule has 3 aromatic heterocycles. The molecule has 36 heavy (non-hydrogen) atoms. The van der Waals surface area contributed by atoms with Crippen LogP contribution >= 0.6 is 0 Å². The largest absolute Gasteiger partial charge is 0.343 e. The van der Waals surface area contributed by atoms with E-state index in [1.165, 1.54) is 11.4 Å². The summed E-state index contributed by atoms with van der Waals surface area (Å²) in [5, 5.41) is 12.7. The summed E-state index contributed by atoms with van der Waals surface area (Å²) < 4.78 is 9.55. The number of hydrogen-bond acceptors (Lipinski definition) is 6. The van der Waals surface area contributed by atoms with E-state index in [1.807, 2.05) is 35.2 Å². The van der Waals surface area contributed by atoms with Gasteiger partial charge in [-0.05, 0) is 81.3 Å². The van der Waals surface area contributed by atoms with Crippen LogP contribution in [0, 0.1) is 13.8 Å². The molecule has 0 saturated carbocycles. The topological polar surface area (TPSA) is 94.9 Å². The molecule has 0 spiro atoms. The molecule has 0 unspecified atom stereocenters. The van der Waals surface area contributed by atoms with Gasteiger partial charge in [-0.1, -0.05) is 10.4 Å². The molecule has 0 radical (unpaired) electrons. The highest BCUT2D eigenvalue weighted by Crippen LogP contribution is 2.26. The zero-order valence-electron chi connectivity index (χ0n) is 20.4. The lowest BCUT2D eigenvalue weighted by atomic mass is 10.1. The van der Waals surface area contributed by atoms with E-state index in [1.54, 1.807) is 4.68 Å². The van der Waals surface area contributed by atoms with Crippen LogP contribution in [0.2, 0.25) is 0 Å². The van der Waals surface area contributed by atoms with Crippen LogP contribution < -0.4 is 0 Å². The van der Waals surface area contributed by atoms with Gasteiger partial charge in [0.15, 0.2) is 0 Å². The summed E-state index contributed by atoms with van der Waals surface area (Å²) in [6, 6.07) is 18.1. The standard InChI is InChI=1S/C27H27N7O2/c1-18-5-6-19(2)34(18)22-10-7-20(8-11-22)27-28-26(30-36-27)21-9-12-24-23(17-21)29-31-33(24)16-13-25(35)32-14-3-4-15-32/h5-12,17H,3-4,13-16H2,1-2H3. The summed E-state index contributed by atoms with van der Waals surface area (Å²) >= 11 is 0. The van der Waals surface area contributed by atoms with Crippen LogP contribution in [0.25, 0.3) is 39.6 Å². The Kier molecular flexibility index (Phi) is 5.59. The molecule has 0 atom stereocenters. The van der Waals surface area contributed by atoms with Crippen molar-refractivity contribution in [3.8, 4) is 28.5 Å².